The molecule has 0 spiro atoms. The minimum absolute atomic E-state index is 0.00708. The summed E-state index contributed by atoms with van der Waals surface area (Å²) in [6.45, 7) is 5.99. The molecule has 3 heteroatoms. The van der Waals surface area contributed by atoms with Crippen LogP contribution in [0.5, 0.6) is 11.5 Å². The second kappa shape index (κ2) is 5.41. The van der Waals surface area contributed by atoms with Gasteiger partial charge in [0.25, 0.3) is 0 Å². The molecule has 1 atom stereocenters. The SMILES string of the molecule is C=CCOc1ccc([C@@H](C)N)cc1OC. The Kier molecular flexibility index (Phi) is 4.18. The van der Waals surface area contributed by atoms with Crippen LogP contribution in [0.2, 0.25) is 0 Å². The van der Waals surface area contributed by atoms with Gasteiger partial charge in [0.15, 0.2) is 11.5 Å². The van der Waals surface area contributed by atoms with E-state index in [4.69, 9.17) is 15.2 Å². The number of hydrogen-bond donors (Lipinski definition) is 1. The third-order valence-electron chi connectivity index (χ3n) is 2.07. The number of benzene rings is 1. The first-order valence-electron chi connectivity index (χ1n) is 4.86. The molecule has 0 aliphatic heterocycles. The van der Waals surface area contributed by atoms with Crippen LogP contribution >= 0.6 is 0 Å². The monoisotopic (exact) mass is 207 g/mol. The Balaban J connectivity index is 2.92. The van der Waals surface area contributed by atoms with Gasteiger partial charge in [-0.05, 0) is 24.6 Å². The molecule has 15 heavy (non-hydrogen) atoms. The molecule has 0 saturated carbocycles. The molecule has 1 rings (SSSR count). The smallest absolute Gasteiger partial charge is 0.161 e. The van der Waals surface area contributed by atoms with Gasteiger partial charge in [0.2, 0.25) is 0 Å². The normalized spacial score (nSPS) is 11.9. The lowest BCUT2D eigenvalue weighted by Gasteiger charge is -2.12. The maximum absolute atomic E-state index is 5.77. The van der Waals surface area contributed by atoms with Crippen molar-refractivity contribution in [3.63, 3.8) is 0 Å². The van der Waals surface area contributed by atoms with Gasteiger partial charge in [-0.2, -0.15) is 0 Å². The van der Waals surface area contributed by atoms with Crippen LogP contribution in [0.3, 0.4) is 0 Å². The highest BCUT2D eigenvalue weighted by molar-refractivity contribution is 5.43. The van der Waals surface area contributed by atoms with Crippen LogP contribution in [0.1, 0.15) is 18.5 Å². The summed E-state index contributed by atoms with van der Waals surface area (Å²) in [5.41, 5.74) is 6.80. The summed E-state index contributed by atoms with van der Waals surface area (Å²) in [4.78, 5) is 0. The van der Waals surface area contributed by atoms with Crippen molar-refractivity contribution in [2.45, 2.75) is 13.0 Å². The van der Waals surface area contributed by atoms with Crippen LogP contribution in [0.15, 0.2) is 30.9 Å². The highest BCUT2D eigenvalue weighted by Crippen LogP contribution is 2.29. The topological polar surface area (TPSA) is 44.5 Å². The van der Waals surface area contributed by atoms with Gasteiger partial charge in [-0.15, -0.1) is 0 Å². The zero-order valence-corrected chi connectivity index (χ0v) is 9.19. The average Bonchev–Trinajstić information content (AvgIpc) is 2.25. The van der Waals surface area contributed by atoms with E-state index in [0.29, 0.717) is 18.1 Å². The molecule has 0 aliphatic carbocycles. The molecule has 0 fully saturated rings. The first-order chi connectivity index (χ1) is 7.19. The molecule has 3 nitrogen and oxygen atoms in total. The Morgan fingerprint density at radius 3 is 2.73 bits per heavy atom. The van der Waals surface area contributed by atoms with E-state index in [1.54, 1.807) is 13.2 Å². The quantitative estimate of drug-likeness (QED) is 0.753. The van der Waals surface area contributed by atoms with Crippen LogP contribution < -0.4 is 15.2 Å². The van der Waals surface area contributed by atoms with Gasteiger partial charge in [0.1, 0.15) is 6.61 Å². The third kappa shape index (κ3) is 2.99. The number of rotatable bonds is 5. The van der Waals surface area contributed by atoms with Gasteiger partial charge in [-0.3, -0.25) is 0 Å². The molecule has 0 aliphatic rings. The zero-order valence-electron chi connectivity index (χ0n) is 9.19. The molecule has 0 bridgehead atoms. The Morgan fingerprint density at radius 2 is 2.20 bits per heavy atom. The van der Waals surface area contributed by atoms with Crippen LogP contribution in [0.4, 0.5) is 0 Å². The fraction of sp³-hybridized carbons (Fsp3) is 0.333. The predicted octanol–water partition coefficient (Wildman–Crippen LogP) is 2.28. The van der Waals surface area contributed by atoms with Crippen molar-refractivity contribution >= 4 is 0 Å². The molecule has 1 aromatic rings. The molecular weight excluding hydrogens is 190 g/mol. The van der Waals surface area contributed by atoms with Crippen molar-refractivity contribution in [2.75, 3.05) is 13.7 Å². The summed E-state index contributed by atoms with van der Waals surface area (Å²) in [6.07, 6.45) is 1.69. The maximum atomic E-state index is 5.77. The number of hydrogen-bond acceptors (Lipinski definition) is 3. The van der Waals surface area contributed by atoms with Crippen LogP contribution in [0, 0.1) is 0 Å². The second-order valence-corrected chi connectivity index (χ2v) is 3.30. The number of ether oxygens (including phenoxy) is 2. The molecule has 0 aromatic heterocycles. The molecule has 82 valence electrons. The number of nitrogens with two attached hydrogens (primary N) is 1. The third-order valence-corrected chi connectivity index (χ3v) is 2.07. The van der Waals surface area contributed by atoms with Gasteiger partial charge >= 0.3 is 0 Å². The fourth-order valence-corrected chi connectivity index (χ4v) is 1.24. The van der Waals surface area contributed by atoms with E-state index in [2.05, 4.69) is 6.58 Å². The van der Waals surface area contributed by atoms with Crippen LogP contribution in [0.25, 0.3) is 0 Å². The Morgan fingerprint density at radius 1 is 1.47 bits per heavy atom. The summed E-state index contributed by atoms with van der Waals surface area (Å²) in [5, 5.41) is 0. The standard InChI is InChI=1S/C12H17NO2/c1-4-7-15-11-6-5-10(9(2)13)8-12(11)14-3/h4-6,8-9H,1,7,13H2,2-3H3/t9-/m1/s1. The minimum atomic E-state index is -0.00708. The highest BCUT2D eigenvalue weighted by Gasteiger charge is 2.07. The van der Waals surface area contributed by atoms with E-state index in [-0.39, 0.29) is 6.04 Å². The zero-order chi connectivity index (χ0) is 11.3. The van der Waals surface area contributed by atoms with Gasteiger partial charge < -0.3 is 15.2 Å². The predicted molar refractivity (Wildman–Crippen MR) is 61.3 cm³/mol. The van der Waals surface area contributed by atoms with Crippen molar-refractivity contribution in [1.29, 1.82) is 0 Å². The van der Waals surface area contributed by atoms with Crippen molar-refractivity contribution in [3.05, 3.63) is 36.4 Å². The Hall–Kier alpha value is -1.48. The first-order valence-corrected chi connectivity index (χ1v) is 4.86. The molecule has 0 heterocycles. The van der Waals surface area contributed by atoms with Gasteiger partial charge in [-0.1, -0.05) is 18.7 Å². The van der Waals surface area contributed by atoms with Gasteiger partial charge in [-0.25, -0.2) is 0 Å². The van der Waals surface area contributed by atoms with Gasteiger partial charge in [0, 0.05) is 6.04 Å². The van der Waals surface area contributed by atoms with E-state index in [9.17, 15) is 0 Å². The van der Waals surface area contributed by atoms with E-state index in [1.165, 1.54) is 0 Å². The molecule has 1 aromatic carbocycles. The Bertz CT molecular complexity index is 334. The lowest BCUT2D eigenvalue weighted by molar-refractivity contribution is 0.326. The molecule has 0 radical (unpaired) electrons. The summed E-state index contributed by atoms with van der Waals surface area (Å²) in [6, 6.07) is 5.68. The average molecular weight is 207 g/mol. The van der Waals surface area contributed by atoms with Crippen molar-refractivity contribution in [1.82, 2.24) is 0 Å². The molecule has 0 saturated heterocycles. The maximum Gasteiger partial charge on any atom is 0.161 e. The van der Waals surface area contributed by atoms with Gasteiger partial charge in [0.05, 0.1) is 7.11 Å². The molecule has 0 unspecified atom stereocenters. The summed E-state index contributed by atoms with van der Waals surface area (Å²) >= 11 is 0. The van der Waals surface area contributed by atoms with Crippen molar-refractivity contribution in [3.8, 4) is 11.5 Å². The van der Waals surface area contributed by atoms with Crippen LogP contribution in [-0.4, -0.2) is 13.7 Å². The molecule has 2 N–H and O–H groups in total. The fourth-order valence-electron chi connectivity index (χ4n) is 1.24. The Labute approximate surface area is 90.5 Å². The summed E-state index contributed by atoms with van der Waals surface area (Å²) in [5.74, 6) is 1.41. The van der Waals surface area contributed by atoms with E-state index >= 15 is 0 Å². The van der Waals surface area contributed by atoms with E-state index < -0.39 is 0 Å². The minimum Gasteiger partial charge on any atom is -0.493 e. The van der Waals surface area contributed by atoms with Crippen molar-refractivity contribution in [2.24, 2.45) is 5.73 Å². The number of methoxy groups -OCH3 is 1. The van der Waals surface area contributed by atoms with E-state index in [1.807, 2.05) is 25.1 Å². The second-order valence-electron chi connectivity index (χ2n) is 3.30. The van der Waals surface area contributed by atoms with Crippen molar-refractivity contribution < 1.29 is 9.47 Å². The summed E-state index contributed by atoms with van der Waals surface area (Å²) < 4.78 is 10.6. The lowest BCUT2D eigenvalue weighted by atomic mass is 10.1. The first kappa shape index (κ1) is 11.6. The molecule has 0 amide bonds. The van der Waals surface area contributed by atoms with E-state index in [0.717, 1.165) is 5.56 Å². The molecular formula is C12H17NO2. The lowest BCUT2D eigenvalue weighted by Crippen LogP contribution is -2.05. The van der Waals surface area contributed by atoms with Crippen LogP contribution in [-0.2, 0) is 0 Å². The summed E-state index contributed by atoms with van der Waals surface area (Å²) in [7, 11) is 1.61. The highest BCUT2D eigenvalue weighted by atomic mass is 16.5. The largest absolute Gasteiger partial charge is 0.493 e.